The topological polar surface area (TPSA) is 23.5 Å². The van der Waals surface area contributed by atoms with E-state index in [4.69, 9.17) is 5.21 Å². The van der Waals surface area contributed by atoms with Crippen LogP contribution in [0.1, 0.15) is 11.1 Å². The van der Waals surface area contributed by atoms with E-state index in [0.717, 1.165) is 17.2 Å². The number of hydroxylamine groups is 2. The van der Waals surface area contributed by atoms with Crippen LogP contribution in [0.3, 0.4) is 0 Å². The molecule has 1 aromatic rings. The molecule has 0 heterocycles. The normalized spacial score (nSPS) is 10.9. The van der Waals surface area contributed by atoms with E-state index in [1.165, 1.54) is 7.05 Å². The van der Waals surface area contributed by atoms with Gasteiger partial charge in [-0.25, -0.2) is 8.78 Å². The first-order chi connectivity index (χ1) is 6.00. The van der Waals surface area contributed by atoms with Gasteiger partial charge in [-0.15, -0.1) is 0 Å². The maximum absolute atomic E-state index is 12.7. The highest BCUT2D eigenvalue weighted by molar-refractivity contribution is 5.27. The predicted octanol–water partition coefficient (Wildman–Crippen LogP) is 2.09. The van der Waals surface area contributed by atoms with Crippen LogP contribution in [-0.2, 0) is 6.54 Å². The van der Waals surface area contributed by atoms with E-state index >= 15 is 0 Å². The van der Waals surface area contributed by atoms with Crippen LogP contribution in [0.5, 0.6) is 0 Å². The number of benzene rings is 1. The highest BCUT2D eigenvalue weighted by Gasteiger charge is 2.07. The number of hydrogen-bond donors (Lipinski definition) is 1. The SMILES string of the molecule is Cc1cc(F)c(F)cc1CN(C)O. The molecule has 1 rings (SSSR count). The van der Waals surface area contributed by atoms with Gasteiger partial charge in [0.15, 0.2) is 11.6 Å². The van der Waals surface area contributed by atoms with Crippen LogP contribution in [0, 0.1) is 18.6 Å². The third kappa shape index (κ3) is 2.47. The Hall–Kier alpha value is -1.00. The third-order valence-electron chi connectivity index (χ3n) is 1.78. The van der Waals surface area contributed by atoms with E-state index in [1.807, 2.05) is 0 Å². The summed E-state index contributed by atoms with van der Waals surface area (Å²) in [6.07, 6.45) is 0. The third-order valence-corrected chi connectivity index (χ3v) is 1.78. The second-order valence-electron chi connectivity index (χ2n) is 3.01. The van der Waals surface area contributed by atoms with Crippen molar-refractivity contribution in [1.82, 2.24) is 5.06 Å². The molecule has 1 aromatic carbocycles. The van der Waals surface area contributed by atoms with Crippen molar-refractivity contribution in [3.63, 3.8) is 0 Å². The fraction of sp³-hybridized carbons (Fsp3) is 0.333. The minimum atomic E-state index is -0.887. The molecule has 0 aliphatic carbocycles. The molecule has 0 bridgehead atoms. The fourth-order valence-corrected chi connectivity index (χ4v) is 1.10. The van der Waals surface area contributed by atoms with Crippen LogP contribution in [-0.4, -0.2) is 17.3 Å². The molecule has 0 atom stereocenters. The number of rotatable bonds is 2. The molecule has 0 radical (unpaired) electrons. The zero-order valence-electron chi connectivity index (χ0n) is 7.51. The summed E-state index contributed by atoms with van der Waals surface area (Å²) < 4.78 is 25.4. The van der Waals surface area contributed by atoms with Crippen molar-refractivity contribution in [1.29, 1.82) is 0 Å². The number of halogens is 2. The minimum Gasteiger partial charge on any atom is -0.314 e. The van der Waals surface area contributed by atoms with E-state index in [9.17, 15) is 8.78 Å². The molecule has 0 amide bonds. The molecule has 0 aromatic heterocycles. The van der Waals surface area contributed by atoms with Crippen LogP contribution in [0.15, 0.2) is 12.1 Å². The van der Waals surface area contributed by atoms with E-state index in [2.05, 4.69) is 0 Å². The lowest BCUT2D eigenvalue weighted by Crippen LogP contribution is -2.13. The van der Waals surface area contributed by atoms with Gasteiger partial charge in [-0.2, -0.15) is 5.06 Å². The van der Waals surface area contributed by atoms with Crippen molar-refractivity contribution in [2.24, 2.45) is 0 Å². The smallest absolute Gasteiger partial charge is 0.159 e. The van der Waals surface area contributed by atoms with Crippen molar-refractivity contribution in [2.75, 3.05) is 7.05 Å². The maximum Gasteiger partial charge on any atom is 0.159 e. The number of aryl methyl sites for hydroxylation is 1. The van der Waals surface area contributed by atoms with Crippen molar-refractivity contribution < 1.29 is 14.0 Å². The Morgan fingerprint density at radius 3 is 2.38 bits per heavy atom. The molecule has 0 unspecified atom stereocenters. The average molecular weight is 187 g/mol. The van der Waals surface area contributed by atoms with Gasteiger partial charge in [-0.3, -0.25) is 0 Å². The van der Waals surface area contributed by atoms with Gasteiger partial charge in [-0.05, 0) is 30.2 Å². The van der Waals surface area contributed by atoms with E-state index in [-0.39, 0.29) is 6.54 Å². The second-order valence-corrected chi connectivity index (χ2v) is 3.01. The van der Waals surface area contributed by atoms with Gasteiger partial charge >= 0.3 is 0 Å². The van der Waals surface area contributed by atoms with Crippen LogP contribution in [0.25, 0.3) is 0 Å². The number of nitrogens with zero attached hydrogens (tertiary/aromatic N) is 1. The highest BCUT2D eigenvalue weighted by Crippen LogP contribution is 2.14. The summed E-state index contributed by atoms with van der Waals surface area (Å²) >= 11 is 0. The summed E-state index contributed by atoms with van der Waals surface area (Å²) in [7, 11) is 1.45. The quantitative estimate of drug-likeness (QED) is 0.716. The summed E-state index contributed by atoms with van der Waals surface area (Å²) in [5.74, 6) is -1.75. The summed E-state index contributed by atoms with van der Waals surface area (Å²) in [5, 5.41) is 9.82. The molecule has 0 fully saturated rings. The molecular formula is C9H11F2NO. The van der Waals surface area contributed by atoms with Crippen molar-refractivity contribution >= 4 is 0 Å². The van der Waals surface area contributed by atoms with E-state index in [0.29, 0.717) is 11.1 Å². The van der Waals surface area contributed by atoms with Gasteiger partial charge in [0.2, 0.25) is 0 Å². The van der Waals surface area contributed by atoms with Gasteiger partial charge in [0, 0.05) is 13.6 Å². The molecule has 0 spiro atoms. The van der Waals surface area contributed by atoms with Crippen molar-refractivity contribution in [2.45, 2.75) is 13.5 Å². The summed E-state index contributed by atoms with van der Waals surface area (Å²) in [6, 6.07) is 2.21. The summed E-state index contributed by atoms with van der Waals surface area (Å²) in [6.45, 7) is 1.85. The Labute approximate surface area is 75.4 Å². The minimum absolute atomic E-state index is 0.184. The molecule has 13 heavy (non-hydrogen) atoms. The first-order valence-electron chi connectivity index (χ1n) is 3.85. The molecule has 0 aliphatic heterocycles. The van der Waals surface area contributed by atoms with Crippen LogP contribution in [0.2, 0.25) is 0 Å². The Kier molecular flexibility index (Phi) is 2.95. The molecular weight excluding hydrogens is 176 g/mol. The van der Waals surface area contributed by atoms with Gasteiger partial charge in [0.25, 0.3) is 0 Å². The Bertz CT molecular complexity index is 313. The van der Waals surface area contributed by atoms with Crippen molar-refractivity contribution in [3.8, 4) is 0 Å². The van der Waals surface area contributed by atoms with E-state index in [1.54, 1.807) is 6.92 Å². The number of hydrogen-bond acceptors (Lipinski definition) is 2. The molecule has 0 aliphatic rings. The molecule has 2 nitrogen and oxygen atoms in total. The van der Waals surface area contributed by atoms with Gasteiger partial charge in [0.05, 0.1) is 0 Å². The zero-order valence-corrected chi connectivity index (χ0v) is 7.51. The molecule has 0 saturated heterocycles. The lowest BCUT2D eigenvalue weighted by atomic mass is 10.1. The Balaban J connectivity index is 3.01. The Morgan fingerprint density at radius 1 is 1.31 bits per heavy atom. The van der Waals surface area contributed by atoms with Crippen LogP contribution >= 0.6 is 0 Å². The summed E-state index contributed by atoms with van der Waals surface area (Å²) in [4.78, 5) is 0. The summed E-state index contributed by atoms with van der Waals surface area (Å²) in [5.41, 5.74) is 1.20. The van der Waals surface area contributed by atoms with Gasteiger partial charge < -0.3 is 5.21 Å². The van der Waals surface area contributed by atoms with Crippen LogP contribution < -0.4 is 0 Å². The average Bonchev–Trinajstić information content (AvgIpc) is 1.99. The lowest BCUT2D eigenvalue weighted by molar-refractivity contribution is -0.0733. The van der Waals surface area contributed by atoms with Gasteiger partial charge in [-0.1, -0.05) is 0 Å². The van der Waals surface area contributed by atoms with Crippen molar-refractivity contribution in [3.05, 3.63) is 34.9 Å². The maximum atomic E-state index is 12.7. The molecule has 0 saturated carbocycles. The first-order valence-corrected chi connectivity index (χ1v) is 3.85. The molecule has 4 heteroatoms. The standard InChI is InChI=1S/C9H11F2NO/c1-6-3-8(10)9(11)4-7(6)5-12(2)13/h3-4,13H,5H2,1-2H3. The van der Waals surface area contributed by atoms with Crippen LogP contribution in [0.4, 0.5) is 8.78 Å². The highest BCUT2D eigenvalue weighted by atomic mass is 19.2. The second kappa shape index (κ2) is 3.81. The predicted molar refractivity (Wildman–Crippen MR) is 44.3 cm³/mol. The first kappa shape index (κ1) is 10.1. The fourth-order valence-electron chi connectivity index (χ4n) is 1.10. The largest absolute Gasteiger partial charge is 0.314 e. The Morgan fingerprint density at radius 2 is 1.85 bits per heavy atom. The molecule has 72 valence electrons. The lowest BCUT2D eigenvalue weighted by Gasteiger charge is -2.10. The molecule has 1 N–H and O–H groups in total. The van der Waals surface area contributed by atoms with E-state index < -0.39 is 11.6 Å². The monoisotopic (exact) mass is 187 g/mol. The zero-order chi connectivity index (χ0) is 10.0. The van der Waals surface area contributed by atoms with Gasteiger partial charge in [0.1, 0.15) is 0 Å².